The Morgan fingerprint density at radius 2 is 2.14 bits per heavy atom. The van der Waals surface area contributed by atoms with Crippen LogP contribution in [-0.2, 0) is 16.6 Å². The molecule has 0 radical (unpaired) electrons. The zero-order valence-electron chi connectivity index (χ0n) is 15.6. The average molecular weight is 384 g/mol. The zero-order valence-corrected chi connectivity index (χ0v) is 15.6. The number of ether oxygens (including phenoxy) is 1. The quantitative estimate of drug-likeness (QED) is 0.704. The summed E-state index contributed by atoms with van der Waals surface area (Å²) in [6, 6.07) is 1.20. The van der Waals surface area contributed by atoms with Gasteiger partial charge in [0.1, 0.15) is 11.5 Å². The molecule has 6 rings (SSSR count). The zero-order chi connectivity index (χ0) is 19.4. The molecule has 3 fully saturated rings. The minimum atomic E-state index is -1.11. The highest BCUT2D eigenvalue weighted by molar-refractivity contribution is 5.99. The van der Waals surface area contributed by atoms with Crippen molar-refractivity contribution in [1.29, 1.82) is 0 Å². The number of phenols is 1. The van der Waals surface area contributed by atoms with E-state index in [2.05, 4.69) is 4.90 Å². The Kier molecular flexibility index (Phi) is 3.04. The van der Waals surface area contributed by atoms with Gasteiger partial charge in [0, 0.05) is 30.1 Å². The molecule has 1 amide bonds. The monoisotopic (exact) mass is 384 g/mol. The predicted molar refractivity (Wildman–Crippen MR) is 98.3 cm³/mol. The van der Waals surface area contributed by atoms with Crippen LogP contribution in [0.2, 0.25) is 0 Å². The molecule has 7 nitrogen and oxygen atoms in total. The van der Waals surface area contributed by atoms with Crippen LogP contribution in [0.1, 0.15) is 53.6 Å². The van der Waals surface area contributed by atoms with E-state index < -0.39 is 23.0 Å². The minimum Gasteiger partial charge on any atom is -0.508 e. The first-order valence-corrected chi connectivity index (χ1v) is 10.2. The first-order chi connectivity index (χ1) is 13.4. The number of benzene rings is 1. The molecule has 1 aromatic carbocycles. The summed E-state index contributed by atoms with van der Waals surface area (Å²) in [5.74, 6) is 0.245. The van der Waals surface area contributed by atoms with Gasteiger partial charge in [0.15, 0.2) is 11.9 Å². The molecule has 1 unspecified atom stereocenters. The van der Waals surface area contributed by atoms with Crippen LogP contribution in [0.3, 0.4) is 0 Å². The second-order valence-electron chi connectivity index (χ2n) is 9.26. The van der Waals surface area contributed by atoms with Crippen LogP contribution >= 0.6 is 0 Å². The molecular weight excluding hydrogens is 360 g/mol. The molecule has 2 bridgehead atoms. The number of nitrogens with two attached hydrogens (primary N) is 1. The van der Waals surface area contributed by atoms with E-state index in [0.29, 0.717) is 42.1 Å². The van der Waals surface area contributed by atoms with Crippen molar-refractivity contribution in [2.24, 2.45) is 11.7 Å². The van der Waals surface area contributed by atoms with E-state index in [1.54, 1.807) is 0 Å². The van der Waals surface area contributed by atoms with Gasteiger partial charge in [-0.15, -0.1) is 0 Å². The van der Waals surface area contributed by atoms with Crippen LogP contribution in [-0.4, -0.2) is 57.6 Å². The fourth-order valence-electron chi connectivity index (χ4n) is 6.53. The number of likely N-dealkylation sites (tertiary alicyclic amines) is 1. The summed E-state index contributed by atoms with van der Waals surface area (Å²) < 4.78 is 6.09. The normalized spacial score (nSPS) is 38.1. The number of aliphatic hydroxyl groups is 1. The lowest BCUT2D eigenvalue weighted by Crippen LogP contribution is -2.76. The predicted octanol–water partition coefficient (Wildman–Crippen LogP) is 0.624. The van der Waals surface area contributed by atoms with E-state index in [-0.39, 0.29) is 29.6 Å². The average Bonchev–Trinajstić information content (AvgIpc) is 3.39. The number of Topliss-reactive ketones (excluding diaryl/α,β-unsaturated/α-hetero) is 1. The lowest BCUT2D eigenvalue weighted by Gasteiger charge is -2.62. The number of nitrogens with zero attached hydrogens (tertiary/aromatic N) is 1. The number of carbonyl (C=O) groups is 2. The standard InChI is InChI=1S/C21H24N2O5/c22-19(26)12-7-14(25)11-8-15-21(27)4-3-13(24)18-20(21,16(11)17(12)28-18)5-6-23(15)9-10-1-2-10/h7,10,15,18,25,27H,1-6,8-9H2,(H2,22,26)/t15-,18?,20+,21-/m1/s1. The third-order valence-electron chi connectivity index (χ3n) is 7.95. The molecule has 3 aliphatic carbocycles. The largest absolute Gasteiger partial charge is 0.508 e. The van der Waals surface area contributed by atoms with E-state index in [0.717, 1.165) is 13.1 Å². The van der Waals surface area contributed by atoms with Gasteiger partial charge in [0.2, 0.25) is 0 Å². The second kappa shape index (κ2) is 5.07. The molecule has 1 saturated heterocycles. The van der Waals surface area contributed by atoms with Crippen molar-refractivity contribution >= 4 is 11.7 Å². The lowest BCUT2D eigenvalue weighted by molar-refractivity contribution is -0.189. The highest BCUT2D eigenvalue weighted by atomic mass is 16.5. The van der Waals surface area contributed by atoms with E-state index in [1.807, 2.05) is 0 Å². The maximum Gasteiger partial charge on any atom is 0.252 e. The van der Waals surface area contributed by atoms with Gasteiger partial charge in [0.05, 0.1) is 16.6 Å². The summed E-state index contributed by atoms with van der Waals surface area (Å²) in [4.78, 5) is 27.2. The SMILES string of the molecule is NC(=O)c1cc(O)c2c3c1OC1C(=O)CC[C@@]4(O)[C@@H](C2)N(CC2CC2)CC[C@]314. The van der Waals surface area contributed by atoms with Gasteiger partial charge in [-0.2, -0.15) is 0 Å². The van der Waals surface area contributed by atoms with Gasteiger partial charge < -0.3 is 20.7 Å². The highest BCUT2D eigenvalue weighted by Gasteiger charge is 2.73. The molecule has 0 aromatic heterocycles. The van der Waals surface area contributed by atoms with Crippen LogP contribution in [0, 0.1) is 5.92 Å². The number of phenolic OH excluding ortho intramolecular Hbond substituents is 1. The summed E-state index contributed by atoms with van der Waals surface area (Å²) in [6.07, 6.45) is 3.35. The molecule has 1 aromatic rings. The second-order valence-corrected chi connectivity index (χ2v) is 9.26. The number of aromatic hydroxyl groups is 1. The van der Waals surface area contributed by atoms with Gasteiger partial charge in [-0.1, -0.05) is 0 Å². The summed E-state index contributed by atoms with van der Waals surface area (Å²) >= 11 is 0. The minimum absolute atomic E-state index is 0.00881. The van der Waals surface area contributed by atoms with Crippen molar-refractivity contribution in [3.8, 4) is 11.5 Å². The molecule has 4 N–H and O–H groups in total. The number of primary amides is 1. The Morgan fingerprint density at radius 1 is 1.36 bits per heavy atom. The van der Waals surface area contributed by atoms with Crippen LogP contribution in [0.5, 0.6) is 11.5 Å². The number of hydrogen-bond donors (Lipinski definition) is 3. The fourth-order valence-corrected chi connectivity index (χ4v) is 6.53. The maximum absolute atomic E-state index is 12.9. The number of amides is 1. The van der Waals surface area contributed by atoms with Crippen molar-refractivity contribution in [3.63, 3.8) is 0 Å². The summed E-state index contributed by atoms with van der Waals surface area (Å²) in [5, 5.41) is 22.8. The molecule has 28 heavy (non-hydrogen) atoms. The smallest absolute Gasteiger partial charge is 0.252 e. The van der Waals surface area contributed by atoms with E-state index >= 15 is 0 Å². The molecule has 5 aliphatic rings. The van der Waals surface area contributed by atoms with Gasteiger partial charge >= 0.3 is 0 Å². The van der Waals surface area contributed by atoms with Crippen LogP contribution in [0.15, 0.2) is 6.07 Å². The van der Waals surface area contributed by atoms with Gasteiger partial charge in [0.25, 0.3) is 5.91 Å². The first-order valence-electron chi connectivity index (χ1n) is 10.2. The number of rotatable bonds is 3. The molecular formula is C21H24N2O5. The Balaban J connectivity index is 1.61. The number of hydrogen-bond acceptors (Lipinski definition) is 6. The van der Waals surface area contributed by atoms with Crippen molar-refractivity contribution in [3.05, 3.63) is 22.8 Å². The van der Waals surface area contributed by atoms with Gasteiger partial charge in [-0.05, 0) is 50.6 Å². The van der Waals surface area contributed by atoms with Crippen molar-refractivity contribution in [2.45, 2.75) is 61.7 Å². The van der Waals surface area contributed by atoms with E-state index in [9.17, 15) is 19.8 Å². The molecule has 1 spiro atoms. The molecule has 2 aliphatic heterocycles. The molecule has 148 valence electrons. The van der Waals surface area contributed by atoms with Crippen LogP contribution in [0.25, 0.3) is 0 Å². The van der Waals surface area contributed by atoms with E-state index in [4.69, 9.17) is 10.5 Å². The number of piperidine rings is 1. The van der Waals surface area contributed by atoms with Gasteiger partial charge in [-0.25, -0.2) is 0 Å². The van der Waals surface area contributed by atoms with Crippen molar-refractivity contribution < 1.29 is 24.5 Å². The third-order valence-corrected chi connectivity index (χ3v) is 7.95. The topological polar surface area (TPSA) is 113 Å². The van der Waals surface area contributed by atoms with E-state index in [1.165, 1.54) is 18.9 Å². The maximum atomic E-state index is 12.9. The molecule has 4 atom stereocenters. The molecule has 2 saturated carbocycles. The Labute approximate surface area is 162 Å². The van der Waals surface area contributed by atoms with Crippen LogP contribution < -0.4 is 10.5 Å². The number of carbonyl (C=O) groups excluding carboxylic acids is 2. The molecule has 7 heteroatoms. The summed E-state index contributed by atoms with van der Waals surface area (Å²) in [6.45, 7) is 1.72. The highest BCUT2D eigenvalue weighted by Crippen LogP contribution is 2.65. The van der Waals surface area contributed by atoms with Crippen molar-refractivity contribution in [2.75, 3.05) is 13.1 Å². The summed E-state index contributed by atoms with van der Waals surface area (Å²) in [5.41, 5.74) is 4.97. The third kappa shape index (κ3) is 1.78. The fraction of sp³-hybridized carbons (Fsp3) is 0.619. The Morgan fingerprint density at radius 3 is 2.86 bits per heavy atom. The first kappa shape index (κ1) is 16.8. The lowest BCUT2D eigenvalue weighted by atomic mass is 9.49. The van der Waals surface area contributed by atoms with Crippen LogP contribution in [0.4, 0.5) is 0 Å². The van der Waals surface area contributed by atoms with Crippen molar-refractivity contribution in [1.82, 2.24) is 4.90 Å². The number of ketones is 1. The summed E-state index contributed by atoms with van der Waals surface area (Å²) in [7, 11) is 0. The molecule has 2 heterocycles. The Hall–Kier alpha value is -2.12. The van der Waals surface area contributed by atoms with Gasteiger partial charge in [-0.3, -0.25) is 14.5 Å². The Bertz CT molecular complexity index is 941.